The van der Waals surface area contributed by atoms with Gasteiger partial charge in [-0.3, -0.25) is 23.7 Å². The van der Waals surface area contributed by atoms with Crippen LogP contribution >= 0.6 is 7.37 Å². The van der Waals surface area contributed by atoms with Crippen LogP contribution in [0.15, 0.2) is 30.3 Å². The van der Waals surface area contributed by atoms with E-state index >= 15 is 0 Å². The van der Waals surface area contributed by atoms with Crippen molar-refractivity contribution in [3.8, 4) is 0 Å². The molecule has 12 nitrogen and oxygen atoms in total. The molecule has 0 amide bonds. The molecule has 7 unspecified atom stereocenters. The lowest BCUT2D eigenvalue weighted by Gasteiger charge is -2.62. The molecule has 1 aromatic rings. The molecule has 4 aliphatic carbocycles. The van der Waals surface area contributed by atoms with Crippen molar-refractivity contribution in [2.75, 3.05) is 19.1 Å². The zero-order chi connectivity index (χ0) is 39.3. The number of aliphatic hydroxyl groups is 2. The molecule has 0 bridgehead atoms. The third-order valence-electron chi connectivity index (χ3n) is 14.3. The lowest BCUT2D eigenvalue weighted by Crippen LogP contribution is -2.58. The maximum Gasteiger partial charge on any atom is 0.309 e. The summed E-state index contributed by atoms with van der Waals surface area (Å²) in [6, 6.07) is 8.84. The molecule has 54 heavy (non-hydrogen) atoms. The highest BCUT2D eigenvalue weighted by molar-refractivity contribution is 7.59. The Hall–Kier alpha value is -2.79. The summed E-state index contributed by atoms with van der Waals surface area (Å²) in [5, 5.41) is 40.9. The first kappa shape index (κ1) is 42.4. The molecule has 1 aromatic carbocycles. The summed E-state index contributed by atoms with van der Waals surface area (Å²) in [6.07, 6.45) is 6.27. The highest BCUT2D eigenvalue weighted by atomic mass is 31.2. The van der Waals surface area contributed by atoms with Gasteiger partial charge in [-0.1, -0.05) is 51.1 Å². The van der Waals surface area contributed by atoms with E-state index in [1.807, 2.05) is 0 Å². The third kappa shape index (κ3) is 9.77. The third-order valence-corrected chi connectivity index (χ3v) is 16.8. The number of carbonyl (C=O) groups is 4. The molecular formula is C41H61O12P. The zero-order valence-electron chi connectivity index (χ0n) is 32.1. The van der Waals surface area contributed by atoms with Crippen molar-refractivity contribution in [3.05, 3.63) is 35.9 Å². The van der Waals surface area contributed by atoms with Crippen LogP contribution in [0.4, 0.5) is 0 Å². The largest absolute Gasteiger partial charge is 0.481 e. The minimum Gasteiger partial charge on any atom is -0.481 e. The second-order valence-electron chi connectivity index (χ2n) is 17.3. The van der Waals surface area contributed by atoms with Crippen LogP contribution < -0.4 is 0 Å². The average Bonchev–Trinajstić information content (AvgIpc) is 3.50. The van der Waals surface area contributed by atoms with Crippen molar-refractivity contribution in [2.45, 2.75) is 123 Å². The standard InChI is InChI=1S/C41H61O12P/c1-26(32-13-14-33-31-12-11-29-21-30(42)17-19-40(29,2)34(31)22-35(43)41(32,33)3)9-16-37(46)51-25-52-38(47)18-20-54(50,53-23-27-7-5-4-6-8-27)24-28(39(48)49)10-15-36(44)45/h4-8,26,28-35,42-43H,9-25H2,1-3H3,(H,44,45)(H,48,49)/t26?,28?,29?,30-,31?,32-,33?,34?,35+,40+,41-,54?/m1/s1. The molecule has 12 atom stereocenters. The van der Waals surface area contributed by atoms with E-state index in [1.165, 1.54) is 0 Å². The number of hydrogen-bond acceptors (Lipinski definition) is 10. The van der Waals surface area contributed by atoms with E-state index in [9.17, 15) is 39.1 Å². The molecule has 4 N–H and O–H groups in total. The Balaban J connectivity index is 1.08. The average molecular weight is 777 g/mol. The van der Waals surface area contributed by atoms with E-state index in [0.29, 0.717) is 35.7 Å². The lowest BCUT2D eigenvalue weighted by molar-refractivity contribution is -0.175. The fourth-order valence-corrected chi connectivity index (χ4v) is 13.5. The van der Waals surface area contributed by atoms with Gasteiger partial charge in [0.2, 0.25) is 14.2 Å². The van der Waals surface area contributed by atoms with E-state index < -0.39 is 62.6 Å². The maximum absolute atomic E-state index is 13.8. The number of carboxylic acids is 2. The molecule has 0 aliphatic heterocycles. The molecule has 5 rings (SSSR count). The number of ether oxygens (including phenoxy) is 2. The van der Waals surface area contributed by atoms with Gasteiger partial charge in [-0.2, -0.15) is 0 Å². The number of carbonyl (C=O) groups excluding carboxylic acids is 2. The number of fused-ring (bicyclic) bond motifs is 5. The lowest BCUT2D eigenvalue weighted by atomic mass is 9.43. The van der Waals surface area contributed by atoms with E-state index in [2.05, 4.69) is 20.8 Å². The van der Waals surface area contributed by atoms with Gasteiger partial charge in [0.05, 0.1) is 31.2 Å². The van der Waals surface area contributed by atoms with Crippen LogP contribution in [0, 0.1) is 52.3 Å². The first-order chi connectivity index (χ1) is 25.6. The number of carboxylic acid groups (broad SMARTS) is 2. The summed E-state index contributed by atoms with van der Waals surface area (Å²) >= 11 is 0. The van der Waals surface area contributed by atoms with Crippen LogP contribution in [0.3, 0.4) is 0 Å². The Kier molecular flexibility index (Phi) is 14.1. The monoisotopic (exact) mass is 776 g/mol. The molecule has 0 spiro atoms. The topological polar surface area (TPSA) is 194 Å². The minimum atomic E-state index is -3.74. The Labute approximate surface area is 319 Å². The van der Waals surface area contributed by atoms with Gasteiger partial charge < -0.3 is 34.4 Å². The summed E-state index contributed by atoms with van der Waals surface area (Å²) in [7, 11) is -3.74. The fourth-order valence-electron chi connectivity index (χ4n) is 11.2. The molecule has 4 aliphatic rings. The molecule has 0 heterocycles. The van der Waals surface area contributed by atoms with Gasteiger partial charge in [0.15, 0.2) is 0 Å². The number of aliphatic carboxylic acids is 2. The number of aliphatic hydroxyl groups excluding tert-OH is 2. The van der Waals surface area contributed by atoms with Crippen molar-refractivity contribution in [2.24, 2.45) is 52.3 Å². The highest BCUT2D eigenvalue weighted by Crippen LogP contribution is 2.68. The van der Waals surface area contributed by atoms with Crippen molar-refractivity contribution >= 4 is 31.2 Å². The van der Waals surface area contributed by atoms with Crippen LogP contribution in [0.1, 0.15) is 110 Å². The molecule has 0 saturated heterocycles. The Morgan fingerprint density at radius 2 is 1.57 bits per heavy atom. The van der Waals surface area contributed by atoms with Crippen LogP contribution in [0.25, 0.3) is 0 Å². The van der Waals surface area contributed by atoms with Gasteiger partial charge in [0.1, 0.15) is 0 Å². The highest BCUT2D eigenvalue weighted by Gasteiger charge is 2.63. The van der Waals surface area contributed by atoms with Crippen molar-refractivity contribution in [1.29, 1.82) is 0 Å². The zero-order valence-corrected chi connectivity index (χ0v) is 33.0. The van der Waals surface area contributed by atoms with E-state index in [-0.39, 0.29) is 60.8 Å². The first-order valence-corrected chi connectivity index (χ1v) is 21.9. The van der Waals surface area contributed by atoms with Gasteiger partial charge in [-0.05, 0) is 116 Å². The minimum absolute atomic E-state index is 0.0825. The van der Waals surface area contributed by atoms with Gasteiger partial charge in [-0.25, -0.2) is 0 Å². The molecule has 13 heteroatoms. The number of hydrogen-bond donors (Lipinski definition) is 4. The van der Waals surface area contributed by atoms with E-state index in [1.54, 1.807) is 30.3 Å². The predicted molar refractivity (Wildman–Crippen MR) is 199 cm³/mol. The number of esters is 2. The fraction of sp³-hybridized carbons (Fsp3) is 0.756. The van der Waals surface area contributed by atoms with E-state index in [4.69, 9.17) is 19.1 Å². The Morgan fingerprint density at radius 1 is 0.870 bits per heavy atom. The van der Waals surface area contributed by atoms with Crippen molar-refractivity contribution in [1.82, 2.24) is 0 Å². The Bertz CT molecular complexity index is 1520. The molecule has 0 aromatic heterocycles. The molecule has 0 radical (unpaired) electrons. The summed E-state index contributed by atoms with van der Waals surface area (Å²) in [5.41, 5.74) is 0.647. The first-order valence-electron chi connectivity index (χ1n) is 19.9. The summed E-state index contributed by atoms with van der Waals surface area (Å²) < 4.78 is 29.9. The van der Waals surface area contributed by atoms with Gasteiger partial charge in [0, 0.05) is 25.2 Å². The van der Waals surface area contributed by atoms with Crippen LogP contribution in [-0.4, -0.2) is 75.6 Å². The quantitative estimate of drug-likeness (QED) is 0.0687. The van der Waals surface area contributed by atoms with Crippen molar-refractivity contribution in [3.63, 3.8) is 0 Å². The second kappa shape index (κ2) is 18.0. The van der Waals surface area contributed by atoms with E-state index in [0.717, 1.165) is 51.4 Å². The van der Waals surface area contributed by atoms with Crippen LogP contribution in [-0.2, 0) is 44.3 Å². The number of benzene rings is 1. The predicted octanol–water partition coefficient (Wildman–Crippen LogP) is 6.89. The van der Waals surface area contributed by atoms with Gasteiger partial charge >= 0.3 is 23.9 Å². The summed E-state index contributed by atoms with van der Waals surface area (Å²) in [5.74, 6) is -2.56. The van der Waals surface area contributed by atoms with Crippen LogP contribution in [0.2, 0.25) is 0 Å². The summed E-state index contributed by atoms with van der Waals surface area (Å²) in [4.78, 5) is 48.3. The molecule has 302 valence electrons. The summed E-state index contributed by atoms with van der Waals surface area (Å²) in [6.45, 7) is 6.14. The van der Waals surface area contributed by atoms with Crippen LogP contribution in [0.5, 0.6) is 0 Å². The Morgan fingerprint density at radius 3 is 2.26 bits per heavy atom. The normalized spacial score (nSPS) is 33.9. The van der Waals surface area contributed by atoms with Crippen molar-refractivity contribution < 1.29 is 58.2 Å². The molecule has 4 fully saturated rings. The smallest absolute Gasteiger partial charge is 0.309 e. The van der Waals surface area contributed by atoms with Gasteiger partial charge in [-0.15, -0.1) is 0 Å². The number of rotatable bonds is 18. The molecular weight excluding hydrogens is 715 g/mol. The molecule has 4 saturated carbocycles. The van der Waals surface area contributed by atoms with Gasteiger partial charge in [0.25, 0.3) is 0 Å². The SMILES string of the molecule is CC(CCC(=O)OCOC(=O)CCP(=O)(CC(CCC(=O)O)C(=O)O)OCc1ccccc1)[C@H]1CCC2C3CCC4C[C@H](O)CC[C@]4(C)C3C[C@H](O)[C@@]21C. The maximum atomic E-state index is 13.8. The second-order valence-corrected chi connectivity index (χ2v) is 19.9.